The Bertz CT molecular complexity index is 534. The van der Waals surface area contributed by atoms with Crippen LogP contribution >= 0.6 is 0 Å². The number of hydrogen-bond acceptors (Lipinski definition) is 2. The molecule has 1 fully saturated rings. The molecule has 0 aliphatic heterocycles. The molecule has 1 aromatic heterocycles. The average Bonchev–Trinajstić information content (AvgIpc) is 3.01. The van der Waals surface area contributed by atoms with Crippen LogP contribution in [-0.2, 0) is 0 Å². The van der Waals surface area contributed by atoms with Crippen molar-refractivity contribution in [2.24, 2.45) is 0 Å². The van der Waals surface area contributed by atoms with Gasteiger partial charge in [0.15, 0.2) is 0 Å². The van der Waals surface area contributed by atoms with E-state index in [9.17, 15) is 9.50 Å². The smallest absolute Gasteiger partial charge is 0.138 e. The minimum atomic E-state index is -0.289. The molecule has 1 aliphatic rings. The van der Waals surface area contributed by atoms with E-state index in [1.807, 2.05) is 0 Å². The molecule has 0 radical (unpaired) electrons. The Labute approximate surface area is 86.4 Å². The first-order valence-electron chi connectivity index (χ1n) is 5.03. The molecule has 1 saturated carbocycles. The van der Waals surface area contributed by atoms with Crippen LogP contribution in [0.3, 0.4) is 0 Å². The lowest BCUT2D eigenvalue weighted by Crippen LogP contribution is -1.89. The predicted octanol–water partition coefficient (Wildman–Crippen LogP) is 2.96. The van der Waals surface area contributed by atoms with E-state index in [0.29, 0.717) is 17.1 Å². The van der Waals surface area contributed by atoms with Gasteiger partial charge in [0.1, 0.15) is 11.6 Å². The van der Waals surface area contributed by atoms with Gasteiger partial charge in [-0.15, -0.1) is 0 Å². The van der Waals surface area contributed by atoms with Crippen LogP contribution in [-0.4, -0.2) is 10.1 Å². The summed E-state index contributed by atoms with van der Waals surface area (Å²) < 4.78 is 13.0. The first-order chi connectivity index (χ1) is 7.24. The molecule has 0 bridgehead atoms. The summed E-state index contributed by atoms with van der Waals surface area (Å²) >= 11 is 0. The van der Waals surface area contributed by atoms with E-state index in [0.717, 1.165) is 18.2 Å². The second-order valence-electron chi connectivity index (χ2n) is 4.00. The molecule has 15 heavy (non-hydrogen) atoms. The van der Waals surface area contributed by atoms with Crippen molar-refractivity contribution < 1.29 is 9.50 Å². The maximum absolute atomic E-state index is 13.0. The van der Waals surface area contributed by atoms with Crippen molar-refractivity contribution in [1.29, 1.82) is 0 Å². The first-order valence-corrected chi connectivity index (χ1v) is 5.03. The Hall–Kier alpha value is -1.64. The van der Waals surface area contributed by atoms with E-state index in [1.54, 1.807) is 12.1 Å². The Morgan fingerprint density at radius 3 is 2.80 bits per heavy atom. The van der Waals surface area contributed by atoms with Crippen molar-refractivity contribution >= 4 is 10.9 Å². The fourth-order valence-corrected chi connectivity index (χ4v) is 1.80. The minimum Gasteiger partial charge on any atom is -0.506 e. The predicted molar refractivity (Wildman–Crippen MR) is 55.3 cm³/mol. The topological polar surface area (TPSA) is 33.1 Å². The summed E-state index contributed by atoms with van der Waals surface area (Å²) in [6.45, 7) is 0. The molecule has 2 aromatic rings. The van der Waals surface area contributed by atoms with Gasteiger partial charge < -0.3 is 5.11 Å². The van der Waals surface area contributed by atoms with Crippen molar-refractivity contribution in [2.45, 2.75) is 18.8 Å². The zero-order valence-electron chi connectivity index (χ0n) is 8.07. The molecule has 1 heterocycles. The van der Waals surface area contributed by atoms with Crippen LogP contribution < -0.4 is 0 Å². The Balaban J connectivity index is 2.25. The molecule has 0 saturated heterocycles. The summed E-state index contributed by atoms with van der Waals surface area (Å²) in [7, 11) is 0. The van der Waals surface area contributed by atoms with Gasteiger partial charge in [0.05, 0.1) is 11.2 Å². The lowest BCUT2D eigenvalue weighted by atomic mass is 10.1. The van der Waals surface area contributed by atoms with E-state index < -0.39 is 0 Å². The van der Waals surface area contributed by atoms with Gasteiger partial charge in [-0.1, -0.05) is 0 Å². The van der Waals surface area contributed by atoms with Gasteiger partial charge in [-0.2, -0.15) is 0 Å². The lowest BCUT2D eigenvalue weighted by Gasteiger charge is -2.04. The van der Waals surface area contributed by atoms with Crippen molar-refractivity contribution in [3.63, 3.8) is 0 Å². The summed E-state index contributed by atoms with van der Waals surface area (Å²) in [5.41, 5.74) is 1.34. The number of aromatic nitrogens is 1. The third-order valence-electron chi connectivity index (χ3n) is 2.75. The fourth-order valence-electron chi connectivity index (χ4n) is 1.80. The molecule has 1 N–H and O–H groups in total. The van der Waals surface area contributed by atoms with Crippen LogP contribution in [0.25, 0.3) is 10.9 Å². The van der Waals surface area contributed by atoms with Crippen molar-refractivity contribution in [3.05, 3.63) is 35.8 Å². The van der Waals surface area contributed by atoms with E-state index in [-0.39, 0.29) is 11.6 Å². The summed E-state index contributed by atoms with van der Waals surface area (Å²) in [5, 5.41) is 10.5. The van der Waals surface area contributed by atoms with Gasteiger partial charge in [0.2, 0.25) is 0 Å². The summed E-state index contributed by atoms with van der Waals surface area (Å²) in [4.78, 5) is 4.31. The lowest BCUT2D eigenvalue weighted by molar-refractivity contribution is 0.465. The number of fused-ring (bicyclic) bond motifs is 1. The number of pyridine rings is 1. The standard InChI is InChI=1S/C12H10FNO/c13-9-4-3-8-5-11(15)12(7-1-2-7)14-10(8)6-9/h3-7,15H,1-2H2. The highest BCUT2D eigenvalue weighted by Crippen LogP contribution is 2.43. The van der Waals surface area contributed by atoms with Crippen LogP contribution in [0.4, 0.5) is 4.39 Å². The van der Waals surface area contributed by atoms with Gasteiger partial charge in [0.25, 0.3) is 0 Å². The van der Waals surface area contributed by atoms with Gasteiger partial charge in [-0.3, -0.25) is 0 Å². The number of hydrogen-bond donors (Lipinski definition) is 1. The molecule has 76 valence electrons. The zero-order valence-corrected chi connectivity index (χ0v) is 8.07. The Morgan fingerprint density at radius 1 is 1.27 bits per heavy atom. The second-order valence-corrected chi connectivity index (χ2v) is 4.00. The van der Waals surface area contributed by atoms with Gasteiger partial charge in [-0.05, 0) is 31.0 Å². The maximum atomic E-state index is 13.0. The average molecular weight is 203 g/mol. The number of benzene rings is 1. The molecule has 0 unspecified atom stereocenters. The van der Waals surface area contributed by atoms with Crippen LogP contribution in [0, 0.1) is 5.82 Å². The SMILES string of the molecule is Oc1cc2ccc(F)cc2nc1C1CC1. The third-order valence-corrected chi connectivity index (χ3v) is 2.75. The fraction of sp³-hybridized carbons (Fsp3) is 0.250. The number of halogens is 1. The van der Waals surface area contributed by atoms with Crippen LogP contribution in [0.5, 0.6) is 5.75 Å². The highest BCUT2D eigenvalue weighted by Gasteiger charge is 2.28. The largest absolute Gasteiger partial charge is 0.506 e. The molecule has 3 heteroatoms. The van der Waals surface area contributed by atoms with Gasteiger partial charge >= 0.3 is 0 Å². The molecule has 3 rings (SSSR count). The van der Waals surface area contributed by atoms with Crippen molar-refractivity contribution in [1.82, 2.24) is 4.98 Å². The molecule has 2 nitrogen and oxygen atoms in total. The molecule has 1 aliphatic carbocycles. The molecule has 1 aromatic carbocycles. The second kappa shape index (κ2) is 2.92. The van der Waals surface area contributed by atoms with Crippen LogP contribution in [0.1, 0.15) is 24.5 Å². The summed E-state index contributed by atoms with van der Waals surface area (Å²) in [5.74, 6) is 0.316. The van der Waals surface area contributed by atoms with Crippen LogP contribution in [0.2, 0.25) is 0 Å². The summed E-state index contributed by atoms with van der Waals surface area (Å²) in [6.07, 6.45) is 2.14. The van der Waals surface area contributed by atoms with E-state index in [2.05, 4.69) is 4.98 Å². The molecule has 0 amide bonds. The maximum Gasteiger partial charge on any atom is 0.138 e. The molecular formula is C12H10FNO. The summed E-state index contributed by atoms with van der Waals surface area (Å²) in [6, 6.07) is 6.07. The molecule has 0 atom stereocenters. The van der Waals surface area contributed by atoms with Crippen molar-refractivity contribution in [2.75, 3.05) is 0 Å². The van der Waals surface area contributed by atoms with Crippen LogP contribution in [0.15, 0.2) is 24.3 Å². The number of aromatic hydroxyl groups is 1. The highest BCUT2D eigenvalue weighted by molar-refractivity contribution is 5.80. The minimum absolute atomic E-state index is 0.233. The first kappa shape index (κ1) is 8.65. The van der Waals surface area contributed by atoms with E-state index in [4.69, 9.17) is 0 Å². The van der Waals surface area contributed by atoms with Crippen molar-refractivity contribution in [3.8, 4) is 5.75 Å². The monoisotopic (exact) mass is 203 g/mol. The van der Waals surface area contributed by atoms with E-state index >= 15 is 0 Å². The number of nitrogens with zero attached hydrogens (tertiary/aromatic N) is 1. The third kappa shape index (κ3) is 1.44. The van der Waals surface area contributed by atoms with E-state index in [1.165, 1.54) is 12.1 Å². The molecule has 0 spiro atoms. The number of rotatable bonds is 1. The normalized spacial score (nSPS) is 15.8. The highest BCUT2D eigenvalue weighted by atomic mass is 19.1. The van der Waals surface area contributed by atoms with Gasteiger partial charge in [0, 0.05) is 17.4 Å². The Kier molecular flexibility index (Phi) is 1.69. The van der Waals surface area contributed by atoms with Gasteiger partial charge in [-0.25, -0.2) is 9.37 Å². The quantitative estimate of drug-likeness (QED) is 0.772. The Morgan fingerprint density at radius 2 is 2.07 bits per heavy atom. The zero-order chi connectivity index (χ0) is 10.4. The molecular weight excluding hydrogens is 193 g/mol.